The van der Waals surface area contributed by atoms with Gasteiger partial charge in [0.05, 0.1) is 12.2 Å². The molecule has 38 heavy (non-hydrogen) atoms. The van der Waals surface area contributed by atoms with Crippen LogP contribution in [0.1, 0.15) is 83.8 Å². The fraction of sp³-hybridized carbons (Fsp3) is 0.419. The third-order valence-corrected chi connectivity index (χ3v) is 8.64. The minimum Gasteiger partial charge on any atom is -0.490 e. The molecule has 0 spiro atoms. The van der Waals surface area contributed by atoms with Crippen LogP contribution in [0, 0.1) is 0 Å². The van der Waals surface area contributed by atoms with Gasteiger partial charge in [0.2, 0.25) is 0 Å². The highest BCUT2D eigenvalue weighted by Gasteiger charge is 2.27. The smallest absolute Gasteiger partial charge is 0.254 e. The van der Waals surface area contributed by atoms with Crippen LogP contribution in [0.5, 0.6) is 11.5 Å². The Labute approximate surface area is 234 Å². The monoisotopic (exact) mass is 550 g/mol. The topological polar surface area (TPSA) is 59.9 Å². The molecule has 200 valence electrons. The Morgan fingerprint density at radius 2 is 1.89 bits per heavy atom. The largest absolute Gasteiger partial charge is 0.490 e. The number of thiophene rings is 1. The first-order valence-corrected chi connectivity index (χ1v) is 14.9. The van der Waals surface area contributed by atoms with E-state index in [0.717, 1.165) is 53.8 Å². The number of aryl methyl sites for hydroxylation is 1. The summed E-state index contributed by atoms with van der Waals surface area (Å²) in [6.45, 7) is 2.88. The Hall–Kier alpha value is -2.83. The quantitative estimate of drug-likeness (QED) is 0.274. The van der Waals surface area contributed by atoms with Crippen LogP contribution in [0.25, 0.3) is 0 Å². The average molecular weight is 551 g/mol. The standard InChI is InChI=1S/C31H35ClN2O3S/c1-2-36-27-18-21(15-16-26(27)37-20-22-9-8-10-23(32)17-22)19-33-31-29(25-13-6-7-14-28(25)38-31)30(35)34-24-11-4-3-5-12-24/h8-10,15-19,24H,2-7,11-14,20H2,1H3,(H,34,35). The lowest BCUT2D eigenvalue weighted by Crippen LogP contribution is -2.36. The van der Waals surface area contributed by atoms with Crippen LogP contribution in [0.2, 0.25) is 5.02 Å². The van der Waals surface area contributed by atoms with E-state index >= 15 is 0 Å². The minimum absolute atomic E-state index is 0.0446. The first kappa shape index (κ1) is 26.8. The van der Waals surface area contributed by atoms with Gasteiger partial charge in [-0.1, -0.05) is 43.0 Å². The molecule has 0 aliphatic heterocycles. The van der Waals surface area contributed by atoms with Crippen molar-refractivity contribution in [1.82, 2.24) is 5.32 Å². The third-order valence-electron chi connectivity index (χ3n) is 7.20. The summed E-state index contributed by atoms with van der Waals surface area (Å²) in [6.07, 6.45) is 11.9. The summed E-state index contributed by atoms with van der Waals surface area (Å²) in [6, 6.07) is 13.7. The van der Waals surface area contributed by atoms with Crippen LogP contribution in [-0.2, 0) is 19.4 Å². The number of rotatable bonds is 9. The van der Waals surface area contributed by atoms with Crippen LogP contribution < -0.4 is 14.8 Å². The zero-order chi connectivity index (χ0) is 26.3. The summed E-state index contributed by atoms with van der Waals surface area (Å²) in [5.41, 5.74) is 3.89. The highest BCUT2D eigenvalue weighted by Crippen LogP contribution is 2.40. The molecule has 2 aliphatic carbocycles. The van der Waals surface area contributed by atoms with Crippen molar-refractivity contribution in [2.45, 2.75) is 77.4 Å². The molecular formula is C31H35ClN2O3S. The number of fused-ring (bicyclic) bond motifs is 1. The van der Waals surface area contributed by atoms with Crippen molar-refractivity contribution in [1.29, 1.82) is 0 Å². The maximum Gasteiger partial charge on any atom is 0.254 e. The predicted molar refractivity (Wildman–Crippen MR) is 156 cm³/mol. The van der Waals surface area contributed by atoms with E-state index in [1.54, 1.807) is 11.3 Å². The Balaban J connectivity index is 1.36. The zero-order valence-corrected chi connectivity index (χ0v) is 23.5. The van der Waals surface area contributed by atoms with Gasteiger partial charge in [0.25, 0.3) is 5.91 Å². The van der Waals surface area contributed by atoms with E-state index in [0.29, 0.717) is 29.7 Å². The SMILES string of the molecule is CCOc1cc(C=Nc2sc3c(c2C(=O)NC2CCCCC2)CCCC3)ccc1OCc1cccc(Cl)c1. The van der Waals surface area contributed by atoms with Gasteiger partial charge in [-0.2, -0.15) is 0 Å². The van der Waals surface area contributed by atoms with Crippen LogP contribution in [0.4, 0.5) is 5.00 Å². The number of ether oxygens (including phenoxy) is 2. The predicted octanol–water partition coefficient (Wildman–Crippen LogP) is 8.07. The van der Waals surface area contributed by atoms with E-state index in [1.807, 2.05) is 55.6 Å². The third kappa shape index (κ3) is 6.59. The van der Waals surface area contributed by atoms with E-state index in [4.69, 9.17) is 26.1 Å². The molecule has 5 nitrogen and oxygen atoms in total. The fourth-order valence-electron chi connectivity index (χ4n) is 5.29. The van der Waals surface area contributed by atoms with Gasteiger partial charge < -0.3 is 14.8 Å². The lowest BCUT2D eigenvalue weighted by atomic mass is 9.93. The maximum atomic E-state index is 13.4. The lowest BCUT2D eigenvalue weighted by molar-refractivity contribution is 0.0927. The highest BCUT2D eigenvalue weighted by atomic mass is 35.5. The van der Waals surface area contributed by atoms with Gasteiger partial charge >= 0.3 is 0 Å². The number of hydrogen-bond acceptors (Lipinski definition) is 5. The Kier molecular flexibility index (Phi) is 9.02. The van der Waals surface area contributed by atoms with Gasteiger partial charge in [0, 0.05) is 22.2 Å². The van der Waals surface area contributed by atoms with Crippen LogP contribution >= 0.6 is 22.9 Å². The molecule has 7 heteroatoms. The maximum absolute atomic E-state index is 13.4. The molecule has 0 bridgehead atoms. The van der Waals surface area contributed by atoms with E-state index in [1.165, 1.54) is 36.1 Å². The molecule has 1 amide bonds. The molecule has 1 fully saturated rings. The van der Waals surface area contributed by atoms with Gasteiger partial charge in [-0.25, -0.2) is 4.99 Å². The van der Waals surface area contributed by atoms with Gasteiger partial charge in [0.1, 0.15) is 11.6 Å². The van der Waals surface area contributed by atoms with E-state index in [9.17, 15) is 4.79 Å². The number of carbonyl (C=O) groups is 1. The van der Waals surface area contributed by atoms with Gasteiger partial charge in [-0.05, 0) is 92.5 Å². The van der Waals surface area contributed by atoms with Crippen molar-refractivity contribution in [2.24, 2.45) is 4.99 Å². The number of amides is 1. The molecule has 1 aromatic heterocycles. The second kappa shape index (κ2) is 12.8. The van der Waals surface area contributed by atoms with Crippen molar-refractivity contribution in [2.75, 3.05) is 6.61 Å². The first-order chi connectivity index (χ1) is 18.6. The number of halogens is 1. The molecule has 0 atom stereocenters. The van der Waals surface area contributed by atoms with Crippen molar-refractivity contribution < 1.29 is 14.3 Å². The zero-order valence-electron chi connectivity index (χ0n) is 21.9. The van der Waals surface area contributed by atoms with Crippen molar-refractivity contribution in [3.63, 3.8) is 0 Å². The number of nitrogens with zero attached hydrogens (tertiary/aromatic N) is 1. The summed E-state index contributed by atoms with van der Waals surface area (Å²) < 4.78 is 11.9. The van der Waals surface area contributed by atoms with Crippen LogP contribution in [0.3, 0.4) is 0 Å². The summed E-state index contributed by atoms with van der Waals surface area (Å²) in [5.74, 6) is 1.38. The highest BCUT2D eigenvalue weighted by molar-refractivity contribution is 7.16. The number of hydrogen-bond donors (Lipinski definition) is 1. The van der Waals surface area contributed by atoms with Gasteiger partial charge in [0.15, 0.2) is 11.5 Å². The van der Waals surface area contributed by atoms with Crippen molar-refractivity contribution >= 4 is 40.1 Å². The Morgan fingerprint density at radius 3 is 2.71 bits per heavy atom. The molecule has 2 aromatic carbocycles. The van der Waals surface area contributed by atoms with Gasteiger partial charge in [-0.3, -0.25) is 4.79 Å². The molecular weight excluding hydrogens is 516 g/mol. The van der Waals surface area contributed by atoms with Crippen LogP contribution in [-0.4, -0.2) is 24.8 Å². The van der Waals surface area contributed by atoms with Crippen molar-refractivity contribution in [3.05, 3.63) is 74.6 Å². The molecule has 5 rings (SSSR count). The van der Waals surface area contributed by atoms with Crippen molar-refractivity contribution in [3.8, 4) is 11.5 Å². The Morgan fingerprint density at radius 1 is 1.05 bits per heavy atom. The number of aliphatic imine (C=N–C) groups is 1. The first-order valence-electron chi connectivity index (χ1n) is 13.7. The Bertz CT molecular complexity index is 1300. The molecule has 1 heterocycles. The molecule has 1 saturated carbocycles. The molecule has 0 saturated heterocycles. The molecule has 0 radical (unpaired) electrons. The summed E-state index contributed by atoms with van der Waals surface area (Å²) in [4.78, 5) is 19.6. The van der Waals surface area contributed by atoms with Crippen LogP contribution in [0.15, 0.2) is 47.5 Å². The number of carbonyl (C=O) groups excluding carboxylic acids is 1. The summed E-state index contributed by atoms with van der Waals surface area (Å²) >= 11 is 7.78. The molecule has 0 unspecified atom stereocenters. The lowest BCUT2D eigenvalue weighted by Gasteiger charge is -2.23. The fourth-order valence-corrected chi connectivity index (χ4v) is 6.74. The number of benzene rings is 2. The second-order valence-electron chi connectivity index (χ2n) is 10.0. The average Bonchev–Trinajstić information content (AvgIpc) is 3.31. The number of nitrogens with one attached hydrogen (secondary N) is 1. The second-order valence-corrected chi connectivity index (χ2v) is 11.5. The van der Waals surface area contributed by atoms with E-state index < -0.39 is 0 Å². The molecule has 3 aromatic rings. The summed E-state index contributed by atoms with van der Waals surface area (Å²) in [5, 5.41) is 4.82. The summed E-state index contributed by atoms with van der Waals surface area (Å²) in [7, 11) is 0. The molecule has 1 N–H and O–H groups in total. The molecule has 2 aliphatic rings. The van der Waals surface area contributed by atoms with E-state index in [-0.39, 0.29) is 11.9 Å². The minimum atomic E-state index is 0.0446. The van der Waals surface area contributed by atoms with E-state index in [2.05, 4.69) is 5.32 Å². The van der Waals surface area contributed by atoms with Gasteiger partial charge in [-0.15, -0.1) is 11.3 Å². The normalized spacial score (nSPS) is 15.8.